The maximum Gasteiger partial charge on any atom is 0.266 e. The van der Waals surface area contributed by atoms with Gasteiger partial charge in [0.05, 0.1) is 8.95 Å². The molecule has 7 heteroatoms. The van der Waals surface area contributed by atoms with Crippen LogP contribution in [0.5, 0.6) is 5.75 Å². The zero-order valence-corrected chi connectivity index (χ0v) is 20.3. The molecule has 3 aromatic rings. The van der Waals surface area contributed by atoms with Crippen molar-refractivity contribution in [3.8, 4) is 11.8 Å². The maximum absolute atomic E-state index is 12.4. The molecule has 0 radical (unpaired) electrons. The Hall–Kier alpha value is -2.40. The zero-order chi connectivity index (χ0) is 21.5. The van der Waals surface area contributed by atoms with Gasteiger partial charge in [0.25, 0.3) is 5.91 Å². The molecule has 1 amide bonds. The maximum atomic E-state index is 12.4. The Balaban J connectivity index is 1.76. The molecule has 0 bridgehead atoms. The third-order valence-corrected chi connectivity index (χ3v) is 5.73. The van der Waals surface area contributed by atoms with Crippen LogP contribution in [-0.4, -0.2) is 5.91 Å². The molecule has 0 aliphatic rings. The molecule has 3 rings (SSSR count). The second-order valence-electron chi connectivity index (χ2n) is 6.22. The average Bonchev–Trinajstić information content (AvgIpc) is 2.73. The molecule has 0 heterocycles. The number of benzene rings is 3. The molecule has 30 heavy (non-hydrogen) atoms. The molecule has 3 aromatic carbocycles. The van der Waals surface area contributed by atoms with Gasteiger partial charge in [0.2, 0.25) is 0 Å². The van der Waals surface area contributed by atoms with Gasteiger partial charge in [-0.1, -0.05) is 46.3 Å². The molecule has 0 aromatic heterocycles. The topological polar surface area (TPSA) is 62.1 Å². The number of halogens is 3. The third kappa shape index (κ3) is 6.05. The fourth-order valence-electron chi connectivity index (χ4n) is 2.57. The SMILES string of the molecule is N#C/C(=C/c1cc(Br)c(OCc2ccc(Br)cc2)c(Br)c1)C(=O)Nc1ccccc1. The second-order valence-corrected chi connectivity index (χ2v) is 8.84. The van der Waals surface area contributed by atoms with Crippen molar-refractivity contribution >= 4 is 65.5 Å². The predicted octanol–water partition coefficient (Wildman–Crippen LogP) is 7.10. The van der Waals surface area contributed by atoms with E-state index in [1.54, 1.807) is 24.3 Å². The van der Waals surface area contributed by atoms with Crippen LogP contribution in [0.15, 0.2) is 85.7 Å². The third-order valence-electron chi connectivity index (χ3n) is 4.02. The molecular formula is C23H15Br3N2O2. The van der Waals surface area contributed by atoms with Gasteiger partial charge in [0.1, 0.15) is 24.0 Å². The molecule has 0 atom stereocenters. The van der Waals surface area contributed by atoms with Crippen LogP contribution in [0.1, 0.15) is 11.1 Å². The molecule has 0 saturated heterocycles. The Kier molecular flexibility index (Phi) is 7.86. The number of carbonyl (C=O) groups excluding carboxylic acids is 1. The highest BCUT2D eigenvalue weighted by Gasteiger charge is 2.13. The van der Waals surface area contributed by atoms with Crippen molar-refractivity contribution in [2.24, 2.45) is 0 Å². The highest BCUT2D eigenvalue weighted by atomic mass is 79.9. The Labute approximate surface area is 200 Å². The quantitative estimate of drug-likeness (QED) is 0.246. The van der Waals surface area contributed by atoms with Gasteiger partial charge in [-0.3, -0.25) is 4.79 Å². The van der Waals surface area contributed by atoms with E-state index < -0.39 is 5.91 Å². The van der Waals surface area contributed by atoms with E-state index in [0.29, 0.717) is 32.6 Å². The molecule has 0 aliphatic heterocycles. The molecular weight excluding hydrogens is 576 g/mol. The first-order valence-corrected chi connectivity index (χ1v) is 11.2. The van der Waals surface area contributed by atoms with Crippen LogP contribution in [0.25, 0.3) is 6.08 Å². The summed E-state index contributed by atoms with van der Waals surface area (Å²) in [6.45, 7) is 0.405. The summed E-state index contributed by atoms with van der Waals surface area (Å²) in [4.78, 5) is 12.4. The zero-order valence-electron chi connectivity index (χ0n) is 15.5. The molecule has 0 saturated carbocycles. The summed E-state index contributed by atoms with van der Waals surface area (Å²) in [7, 11) is 0. The minimum absolute atomic E-state index is 0.00110. The number of carbonyl (C=O) groups is 1. The Morgan fingerprint density at radius 2 is 1.63 bits per heavy atom. The van der Waals surface area contributed by atoms with Crippen molar-refractivity contribution in [3.63, 3.8) is 0 Å². The first kappa shape index (κ1) is 22.3. The molecule has 0 aliphatic carbocycles. The van der Waals surface area contributed by atoms with Crippen LogP contribution in [0.4, 0.5) is 5.69 Å². The van der Waals surface area contributed by atoms with Gasteiger partial charge in [-0.25, -0.2) is 0 Å². The smallest absolute Gasteiger partial charge is 0.266 e. The number of nitrogens with one attached hydrogen (secondary N) is 1. The van der Waals surface area contributed by atoms with Crippen molar-refractivity contribution in [3.05, 3.63) is 96.8 Å². The van der Waals surface area contributed by atoms with E-state index in [9.17, 15) is 10.1 Å². The minimum atomic E-state index is -0.466. The number of amides is 1. The van der Waals surface area contributed by atoms with E-state index >= 15 is 0 Å². The lowest BCUT2D eigenvalue weighted by Gasteiger charge is -2.12. The van der Waals surface area contributed by atoms with Crippen LogP contribution < -0.4 is 10.1 Å². The van der Waals surface area contributed by atoms with Gasteiger partial charge in [-0.05, 0) is 85.5 Å². The standard InChI is InChI=1S/C23H15Br3N2O2/c24-18-8-6-15(7-9-18)14-30-22-20(25)11-16(12-21(22)26)10-17(13-27)23(29)28-19-4-2-1-3-5-19/h1-12H,14H2,(H,28,29)/b17-10-. The van der Waals surface area contributed by atoms with E-state index in [4.69, 9.17) is 4.74 Å². The molecule has 0 spiro atoms. The highest BCUT2D eigenvalue weighted by Crippen LogP contribution is 2.36. The molecule has 1 N–H and O–H groups in total. The van der Waals surface area contributed by atoms with Crippen molar-refractivity contribution < 1.29 is 9.53 Å². The molecule has 150 valence electrons. The summed E-state index contributed by atoms with van der Waals surface area (Å²) >= 11 is 10.4. The molecule has 0 fully saturated rings. The monoisotopic (exact) mass is 588 g/mol. The largest absolute Gasteiger partial charge is 0.487 e. The van der Waals surface area contributed by atoms with Crippen molar-refractivity contribution in [2.75, 3.05) is 5.32 Å². The van der Waals surface area contributed by atoms with Crippen LogP contribution >= 0.6 is 47.8 Å². The van der Waals surface area contributed by atoms with Gasteiger partial charge >= 0.3 is 0 Å². The lowest BCUT2D eigenvalue weighted by Crippen LogP contribution is -2.13. The highest BCUT2D eigenvalue weighted by molar-refractivity contribution is 9.11. The molecule has 4 nitrogen and oxygen atoms in total. The summed E-state index contributed by atoms with van der Waals surface area (Å²) in [6, 6.07) is 22.4. The van der Waals surface area contributed by atoms with Crippen LogP contribution in [0.3, 0.4) is 0 Å². The number of hydrogen-bond donors (Lipinski definition) is 1. The Bertz CT molecular complexity index is 1100. The van der Waals surface area contributed by atoms with E-state index in [1.807, 2.05) is 48.5 Å². The van der Waals surface area contributed by atoms with Gasteiger partial charge in [-0.2, -0.15) is 5.26 Å². The lowest BCUT2D eigenvalue weighted by atomic mass is 10.1. The summed E-state index contributed by atoms with van der Waals surface area (Å²) in [5.74, 6) is 0.175. The number of hydrogen-bond acceptors (Lipinski definition) is 3. The number of anilines is 1. The summed E-state index contributed by atoms with van der Waals surface area (Å²) in [5.41, 5.74) is 2.35. The first-order chi connectivity index (χ1) is 14.5. The summed E-state index contributed by atoms with van der Waals surface area (Å²) < 4.78 is 8.36. The number of ether oxygens (including phenoxy) is 1. The van der Waals surface area contributed by atoms with E-state index in [0.717, 1.165) is 10.0 Å². The van der Waals surface area contributed by atoms with E-state index in [-0.39, 0.29) is 5.57 Å². The fourth-order valence-corrected chi connectivity index (χ4v) is 4.29. The van der Waals surface area contributed by atoms with Crippen LogP contribution in [0, 0.1) is 11.3 Å². The van der Waals surface area contributed by atoms with Crippen molar-refractivity contribution in [2.45, 2.75) is 6.61 Å². The first-order valence-electron chi connectivity index (χ1n) is 8.81. The number of rotatable bonds is 6. The van der Waals surface area contributed by atoms with Gasteiger partial charge < -0.3 is 10.1 Å². The number of nitrogens with zero attached hydrogens (tertiary/aromatic N) is 1. The van der Waals surface area contributed by atoms with Crippen LogP contribution in [0.2, 0.25) is 0 Å². The summed E-state index contributed by atoms with van der Waals surface area (Å²) in [6.07, 6.45) is 1.53. The molecule has 0 unspecified atom stereocenters. The Morgan fingerprint density at radius 3 is 2.23 bits per heavy atom. The fraction of sp³-hybridized carbons (Fsp3) is 0.0435. The van der Waals surface area contributed by atoms with Gasteiger partial charge in [0, 0.05) is 10.2 Å². The summed E-state index contributed by atoms with van der Waals surface area (Å²) in [5, 5.41) is 12.1. The normalized spacial score (nSPS) is 10.9. The van der Waals surface area contributed by atoms with E-state index in [2.05, 4.69) is 53.1 Å². The van der Waals surface area contributed by atoms with Gasteiger partial charge in [0.15, 0.2) is 0 Å². The minimum Gasteiger partial charge on any atom is -0.487 e. The van der Waals surface area contributed by atoms with Crippen LogP contribution in [-0.2, 0) is 11.4 Å². The number of para-hydroxylation sites is 1. The van der Waals surface area contributed by atoms with Gasteiger partial charge in [-0.15, -0.1) is 0 Å². The van der Waals surface area contributed by atoms with Crippen molar-refractivity contribution in [1.29, 1.82) is 5.26 Å². The average molecular weight is 591 g/mol. The lowest BCUT2D eigenvalue weighted by molar-refractivity contribution is -0.112. The van der Waals surface area contributed by atoms with E-state index in [1.165, 1.54) is 6.08 Å². The number of nitriles is 1. The second kappa shape index (κ2) is 10.6. The predicted molar refractivity (Wildman–Crippen MR) is 129 cm³/mol. The Morgan fingerprint density at radius 1 is 1.00 bits per heavy atom. The van der Waals surface area contributed by atoms with Crippen molar-refractivity contribution in [1.82, 2.24) is 0 Å².